The largest absolute Gasteiger partial charge is 0.471 e. The molecule has 0 atom stereocenters. The summed E-state index contributed by atoms with van der Waals surface area (Å²) in [4.78, 5) is 14.3. The number of carbonyl (C=O) groups is 1. The molecule has 1 rings (SSSR count). The first kappa shape index (κ1) is 15.3. The van der Waals surface area contributed by atoms with Gasteiger partial charge in [0.1, 0.15) is 0 Å². The molecule has 0 unspecified atom stereocenters. The van der Waals surface area contributed by atoms with Crippen LogP contribution in [0.3, 0.4) is 0 Å². The number of amides is 1. The first-order valence-corrected chi connectivity index (χ1v) is 6.46. The van der Waals surface area contributed by atoms with Gasteiger partial charge in [-0.15, -0.1) is 0 Å². The summed E-state index contributed by atoms with van der Waals surface area (Å²) in [5.74, 6) is -1.29. The van der Waals surface area contributed by atoms with E-state index in [4.69, 9.17) is 0 Å². The zero-order valence-corrected chi connectivity index (χ0v) is 11.0. The number of rotatable bonds is 4. The number of alkyl halides is 3. The zero-order chi connectivity index (χ0) is 13.8. The SMILES string of the molecule is CCN(CC)CC1CCN(C(=O)C(F)(F)F)CC1. The lowest BCUT2D eigenvalue weighted by atomic mass is 9.96. The molecule has 0 aromatic rings. The van der Waals surface area contributed by atoms with E-state index in [2.05, 4.69) is 18.7 Å². The quantitative estimate of drug-likeness (QED) is 0.778. The van der Waals surface area contributed by atoms with Gasteiger partial charge in [-0.2, -0.15) is 13.2 Å². The summed E-state index contributed by atoms with van der Waals surface area (Å²) in [7, 11) is 0. The molecule has 18 heavy (non-hydrogen) atoms. The predicted octanol–water partition coefficient (Wildman–Crippen LogP) is 2.13. The second kappa shape index (κ2) is 6.41. The molecule has 1 aliphatic heterocycles. The molecule has 6 heteroatoms. The number of hydrogen-bond acceptors (Lipinski definition) is 2. The summed E-state index contributed by atoms with van der Waals surface area (Å²) >= 11 is 0. The van der Waals surface area contributed by atoms with Gasteiger partial charge in [0.15, 0.2) is 0 Å². The topological polar surface area (TPSA) is 23.6 Å². The van der Waals surface area contributed by atoms with Crippen LogP contribution < -0.4 is 0 Å². The molecule has 0 bridgehead atoms. The molecule has 1 heterocycles. The van der Waals surface area contributed by atoms with Crippen molar-refractivity contribution in [2.45, 2.75) is 32.9 Å². The molecule has 1 fully saturated rings. The highest BCUT2D eigenvalue weighted by Gasteiger charge is 2.43. The monoisotopic (exact) mass is 266 g/mol. The fourth-order valence-electron chi connectivity index (χ4n) is 2.34. The maximum atomic E-state index is 12.3. The van der Waals surface area contributed by atoms with Crippen LogP contribution in [-0.4, -0.2) is 54.6 Å². The van der Waals surface area contributed by atoms with Gasteiger partial charge in [-0.3, -0.25) is 4.79 Å². The molecule has 1 amide bonds. The lowest BCUT2D eigenvalue weighted by molar-refractivity contribution is -0.186. The second-order valence-electron chi connectivity index (χ2n) is 4.72. The van der Waals surface area contributed by atoms with Crippen molar-refractivity contribution in [3.8, 4) is 0 Å². The van der Waals surface area contributed by atoms with Crippen molar-refractivity contribution in [1.82, 2.24) is 9.80 Å². The van der Waals surface area contributed by atoms with Gasteiger partial charge in [-0.1, -0.05) is 13.8 Å². The van der Waals surface area contributed by atoms with Crippen molar-refractivity contribution in [3.63, 3.8) is 0 Å². The predicted molar refractivity (Wildman–Crippen MR) is 63.1 cm³/mol. The number of likely N-dealkylation sites (tertiary alicyclic amines) is 1. The van der Waals surface area contributed by atoms with E-state index in [0.29, 0.717) is 18.8 Å². The molecule has 0 spiro atoms. The van der Waals surface area contributed by atoms with Gasteiger partial charge >= 0.3 is 12.1 Å². The summed E-state index contributed by atoms with van der Waals surface area (Å²) in [5.41, 5.74) is 0. The van der Waals surface area contributed by atoms with E-state index in [1.807, 2.05) is 0 Å². The third-order valence-electron chi connectivity index (χ3n) is 3.56. The van der Waals surface area contributed by atoms with Crippen molar-refractivity contribution in [2.75, 3.05) is 32.7 Å². The molecule has 1 aliphatic rings. The van der Waals surface area contributed by atoms with Crippen molar-refractivity contribution >= 4 is 5.91 Å². The summed E-state index contributed by atoms with van der Waals surface area (Å²) < 4.78 is 36.8. The molecule has 1 saturated heterocycles. The maximum absolute atomic E-state index is 12.3. The van der Waals surface area contributed by atoms with Crippen LogP contribution in [0.5, 0.6) is 0 Å². The highest BCUT2D eigenvalue weighted by atomic mass is 19.4. The van der Waals surface area contributed by atoms with Gasteiger partial charge < -0.3 is 9.80 Å². The molecule has 0 aliphatic carbocycles. The van der Waals surface area contributed by atoms with Crippen LogP contribution in [0.25, 0.3) is 0 Å². The molecule has 0 aromatic heterocycles. The highest BCUT2D eigenvalue weighted by molar-refractivity contribution is 5.81. The molecule has 106 valence electrons. The summed E-state index contributed by atoms with van der Waals surface area (Å²) in [6.45, 7) is 7.43. The average molecular weight is 266 g/mol. The van der Waals surface area contributed by atoms with Gasteiger partial charge in [-0.05, 0) is 31.8 Å². The Bertz CT molecular complexity index is 269. The fourth-order valence-corrected chi connectivity index (χ4v) is 2.34. The molecule has 0 N–H and O–H groups in total. The van der Waals surface area contributed by atoms with Crippen LogP contribution in [0.4, 0.5) is 13.2 Å². The lowest BCUT2D eigenvalue weighted by Crippen LogP contribution is -2.46. The smallest absolute Gasteiger partial charge is 0.335 e. The van der Waals surface area contributed by atoms with Gasteiger partial charge in [0.2, 0.25) is 0 Å². The molecule has 3 nitrogen and oxygen atoms in total. The third-order valence-corrected chi connectivity index (χ3v) is 3.56. The number of hydrogen-bond donors (Lipinski definition) is 0. The Morgan fingerprint density at radius 2 is 1.72 bits per heavy atom. The average Bonchev–Trinajstić information content (AvgIpc) is 2.34. The van der Waals surface area contributed by atoms with E-state index in [1.54, 1.807) is 0 Å². The van der Waals surface area contributed by atoms with Crippen LogP contribution in [0.15, 0.2) is 0 Å². The molecule has 0 saturated carbocycles. The van der Waals surface area contributed by atoms with Gasteiger partial charge in [0, 0.05) is 19.6 Å². The normalized spacial score (nSPS) is 18.4. The van der Waals surface area contributed by atoms with Crippen LogP contribution in [0.2, 0.25) is 0 Å². The van der Waals surface area contributed by atoms with E-state index in [-0.39, 0.29) is 13.1 Å². The minimum atomic E-state index is -4.73. The summed E-state index contributed by atoms with van der Waals surface area (Å²) in [6.07, 6.45) is -3.40. The van der Waals surface area contributed by atoms with Crippen LogP contribution in [0.1, 0.15) is 26.7 Å². The fraction of sp³-hybridized carbons (Fsp3) is 0.917. The van der Waals surface area contributed by atoms with E-state index in [9.17, 15) is 18.0 Å². The third kappa shape index (κ3) is 4.15. The summed E-state index contributed by atoms with van der Waals surface area (Å²) in [6, 6.07) is 0. The number of piperidine rings is 1. The Labute approximate surface area is 106 Å². The van der Waals surface area contributed by atoms with Crippen molar-refractivity contribution in [1.29, 1.82) is 0 Å². The van der Waals surface area contributed by atoms with Gasteiger partial charge in [0.05, 0.1) is 0 Å². The number of carbonyl (C=O) groups excluding carboxylic acids is 1. The Morgan fingerprint density at radius 3 is 2.11 bits per heavy atom. The molecule has 0 radical (unpaired) electrons. The minimum absolute atomic E-state index is 0.226. The zero-order valence-electron chi connectivity index (χ0n) is 11.0. The van der Waals surface area contributed by atoms with E-state index in [0.717, 1.165) is 24.5 Å². The first-order chi connectivity index (χ1) is 8.38. The van der Waals surface area contributed by atoms with Crippen LogP contribution in [-0.2, 0) is 4.79 Å². The Hall–Kier alpha value is -0.780. The van der Waals surface area contributed by atoms with Crippen molar-refractivity contribution < 1.29 is 18.0 Å². The standard InChI is InChI=1S/C12H21F3N2O/c1-3-16(4-2)9-10-5-7-17(8-6-10)11(18)12(13,14)15/h10H,3-9H2,1-2H3. The van der Waals surface area contributed by atoms with Crippen molar-refractivity contribution in [3.05, 3.63) is 0 Å². The van der Waals surface area contributed by atoms with Gasteiger partial charge in [-0.25, -0.2) is 0 Å². The maximum Gasteiger partial charge on any atom is 0.471 e. The number of nitrogens with zero attached hydrogens (tertiary/aromatic N) is 2. The molecule has 0 aromatic carbocycles. The van der Waals surface area contributed by atoms with Gasteiger partial charge in [0.25, 0.3) is 0 Å². The number of halogens is 3. The minimum Gasteiger partial charge on any atom is -0.335 e. The van der Waals surface area contributed by atoms with E-state index in [1.165, 1.54) is 0 Å². The Kier molecular flexibility index (Phi) is 5.44. The summed E-state index contributed by atoms with van der Waals surface area (Å²) in [5, 5.41) is 0. The van der Waals surface area contributed by atoms with Crippen LogP contribution >= 0.6 is 0 Å². The van der Waals surface area contributed by atoms with E-state index < -0.39 is 12.1 Å². The highest BCUT2D eigenvalue weighted by Crippen LogP contribution is 2.24. The first-order valence-electron chi connectivity index (χ1n) is 6.46. The Morgan fingerprint density at radius 1 is 1.22 bits per heavy atom. The van der Waals surface area contributed by atoms with E-state index >= 15 is 0 Å². The van der Waals surface area contributed by atoms with Crippen molar-refractivity contribution in [2.24, 2.45) is 5.92 Å². The molecular weight excluding hydrogens is 245 g/mol. The second-order valence-corrected chi connectivity index (χ2v) is 4.72. The molecular formula is C12H21F3N2O. The Balaban J connectivity index is 2.39. The lowest BCUT2D eigenvalue weighted by Gasteiger charge is -2.34. The van der Waals surface area contributed by atoms with Crippen LogP contribution in [0, 0.1) is 5.92 Å².